The summed E-state index contributed by atoms with van der Waals surface area (Å²) < 4.78 is 5.52. The second-order valence-electron chi connectivity index (χ2n) is 8.34. The molecule has 5 rings (SSSR count). The second kappa shape index (κ2) is 7.14. The molecule has 2 aliphatic heterocycles. The van der Waals surface area contributed by atoms with Crippen LogP contribution in [0.2, 0.25) is 0 Å². The third-order valence-electron chi connectivity index (χ3n) is 6.25. The van der Waals surface area contributed by atoms with Crippen LogP contribution in [0, 0.1) is 0 Å². The molecule has 0 spiro atoms. The molecule has 1 aromatic heterocycles. The summed E-state index contributed by atoms with van der Waals surface area (Å²) in [6.07, 6.45) is 5.88. The van der Waals surface area contributed by atoms with E-state index < -0.39 is 0 Å². The summed E-state index contributed by atoms with van der Waals surface area (Å²) in [5.74, 6) is 0.432. The van der Waals surface area contributed by atoms with Gasteiger partial charge in [0, 0.05) is 30.9 Å². The zero-order chi connectivity index (χ0) is 18.2. The number of likely N-dealkylation sites (tertiary alicyclic amines) is 1. The fraction of sp³-hybridized carbons (Fsp3) is 0.417. The van der Waals surface area contributed by atoms with Crippen LogP contribution in [0.15, 0.2) is 53.1 Å². The van der Waals surface area contributed by atoms with Gasteiger partial charge in [0.1, 0.15) is 5.58 Å². The summed E-state index contributed by atoms with van der Waals surface area (Å²) in [6.45, 7) is 5.73. The molecule has 0 radical (unpaired) electrons. The van der Waals surface area contributed by atoms with E-state index >= 15 is 0 Å². The standard InChI is InChI=1S/C24H28N2O/c1-25-16-21-13-18(15-26-10-3-2-4-11-26)5-7-22(21)23(17-25)19-6-8-24-20(14-19)9-12-27-24/h5-9,12-14,23H,2-4,10-11,15-17H2,1H3. The first-order chi connectivity index (χ1) is 13.3. The van der Waals surface area contributed by atoms with Gasteiger partial charge in [0.2, 0.25) is 0 Å². The number of piperidine rings is 1. The Labute approximate surface area is 161 Å². The molecule has 1 saturated heterocycles. The van der Waals surface area contributed by atoms with Crippen LogP contribution in [-0.4, -0.2) is 36.5 Å². The molecular weight excluding hydrogens is 332 g/mol. The van der Waals surface area contributed by atoms with Crippen LogP contribution >= 0.6 is 0 Å². The zero-order valence-electron chi connectivity index (χ0n) is 16.2. The number of benzene rings is 2. The van der Waals surface area contributed by atoms with Gasteiger partial charge < -0.3 is 9.32 Å². The fourth-order valence-corrected chi connectivity index (χ4v) is 4.86. The maximum atomic E-state index is 5.52. The summed E-state index contributed by atoms with van der Waals surface area (Å²) in [5.41, 5.74) is 6.82. The Morgan fingerprint density at radius 1 is 1.00 bits per heavy atom. The van der Waals surface area contributed by atoms with E-state index in [0.717, 1.165) is 25.2 Å². The van der Waals surface area contributed by atoms with Gasteiger partial charge in [-0.3, -0.25) is 4.90 Å². The largest absolute Gasteiger partial charge is 0.464 e. The zero-order valence-corrected chi connectivity index (χ0v) is 16.2. The number of likely N-dealkylation sites (N-methyl/N-ethyl adjacent to an activating group) is 1. The molecule has 27 heavy (non-hydrogen) atoms. The van der Waals surface area contributed by atoms with Crippen molar-refractivity contribution in [2.45, 2.75) is 38.3 Å². The summed E-state index contributed by atoms with van der Waals surface area (Å²) in [4.78, 5) is 5.07. The van der Waals surface area contributed by atoms with Gasteiger partial charge in [0.25, 0.3) is 0 Å². The molecule has 0 bridgehead atoms. The third-order valence-corrected chi connectivity index (χ3v) is 6.25. The van der Waals surface area contributed by atoms with Crippen LogP contribution in [0.5, 0.6) is 0 Å². The van der Waals surface area contributed by atoms with Crippen LogP contribution in [-0.2, 0) is 13.1 Å². The molecular formula is C24H28N2O. The number of nitrogens with zero attached hydrogens (tertiary/aromatic N) is 2. The topological polar surface area (TPSA) is 19.6 Å². The first-order valence-electron chi connectivity index (χ1n) is 10.3. The maximum Gasteiger partial charge on any atom is 0.133 e. The van der Waals surface area contributed by atoms with Crippen molar-refractivity contribution in [2.75, 3.05) is 26.7 Å². The monoisotopic (exact) mass is 360 g/mol. The highest BCUT2D eigenvalue weighted by Crippen LogP contribution is 2.35. The van der Waals surface area contributed by atoms with Gasteiger partial charge in [0.15, 0.2) is 0 Å². The molecule has 1 atom stereocenters. The van der Waals surface area contributed by atoms with Crippen molar-refractivity contribution in [2.24, 2.45) is 0 Å². The van der Waals surface area contributed by atoms with Crippen LogP contribution in [0.4, 0.5) is 0 Å². The highest BCUT2D eigenvalue weighted by Gasteiger charge is 2.25. The highest BCUT2D eigenvalue weighted by atomic mass is 16.3. The van der Waals surface area contributed by atoms with E-state index in [2.05, 4.69) is 59.3 Å². The molecule has 3 nitrogen and oxygen atoms in total. The average molecular weight is 361 g/mol. The van der Waals surface area contributed by atoms with E-state index in [0.29, 0.717) is 5.92 Å². The van der Waals surface area contributed by atoms with Crippen molar-refractivity contribution >= 4 is 11.0 Å². The van der Waals surface area contributed by atoms with Crippen molar-refractivity contribution < 1.29 is 4.42 Å². The number of fused-ring (bicyclic) bond motifs is 2. The molecule has 3 aromatic rings. The Kier molecular flexibility index (Phi) is 4.50. The highest BCUT2D eigenvalue weighted by molar-refractivity contribution is 5.78. The molecule has 3 heteroatoms. The number of hydrogen-bond donors (Lipinski definition) is 0. The summed E-state index contributed by atoms with van der Waals surface area (Å²) in [5, 5.41) is 1.20. The molecule has 2 aliphatic rings. The van der Waals surface area contributed by atoms with Gasteiger partial charge in [-0.05, 0) is 73.4 Å². The quantitative estimate of drug-likeness (QED) is 0.656. The fourth-order valence-electron chi connectivity index (χ4n) is 4.86. The Hall–Kier alpha value is -2.10. The molecule has 140 valence electrons. The van der Waals surface area contributed by atoms with E-state index in [4.69, 9.17) is 4.42 Å². The Morgan fingerprint density at radius 3 is 2.78 bits per heavy atom. The first kappa shape index (κ1) is 17.0. The minimum atomic E-state index is 0.432. The van der Waals surface area contributed by atoms with Gasteiger partial charge in [-0.2, -0.15) is 0 Å². The van der Waals surface area contributed by atoms with Gasteiger partial charge in [0.05, 0.1) is 6.26 Å². The van der Waals surface area contributed by atoms with Crippen LogP contribution in [0.3, 0.4) is 0 Å². The molecule has 0 aliphatic carbocycles. The smallest absolute Gasteiger partial charge is 0.133 e. The summed E-state index contributed by atoms with van der Waals surface area (Å²) in [6, 6.07) is 15.9. The summed E-state index contributed by atoms with van der Waals surface area (Å²) in [7, 11) is 2.24. The lowest BCUT2D eigenvalue weighted by Crippen LogP contribution is -2.32. The van der Waals surface area contributed by atoms with Crippen molar-refractivity contribution in [3.8, 4) is 0 Å². The Balaban J connectivity index is 1.45. The Morgan fingerprint density at radius 2 is 1.89 bits per heavy atom. The van der Waals surface area contributed by atoms with E-state index in [-0.39, 0.29) is 0 Å². The van der Waals surface area contributed by atoms with Crippen LogP contribution < -0.4 is 0 Å². The van der Waals surface area contributed by atoms with Gasteiger partial charge >= 0.3 is 0 Å². The van der Waals surface area contributed by atoms with Crippen molar-refractivity contribution in [1.82, 2.24) is 9.80 Å². The van der Waals surface area contributed by atoms with E-state index in [1.165, 1.54) is 60.0 Å². The predicted octanol–water partition coefficient (Wildman–Crippen LogP) is 5.00. The molecule has 0 amide bonds. The third kappa shape index (κ3) is 3.42. The van der Waals surface area contributed by atoms with Crippen molar-refractivity contribution in [1.29, 1.82) is 0 Å². The van der Waals surface area contributed by atoms with E-state index in [9.17, 15) is 0 Å². The van der Waals surface area contributed by atoms with Crippen molar-refractivity contribution in [3.05, 3.63) is 71.0 Å². The van der Waals surface area contributed by atoms with Gasteiger partial charge in [-0.1, -0.05) is 30.7 Å². The molecule has 0 N–H and O–H groups in total. The Bertz CT molecular complexity index is 938. The average Bonchev–Trinajstić information content (AvgIpc) is 3.15. The van der Waals surface area contributed by atoms with Gasteiger partial charge in [-0.15, -0.1) is 0 Å². The molecule has 0 saturated carbocycles. The predicted molar refractivity (Wildman–Crippen MR) is 110 cm³/mol. The maximum absolute atomic E-state index is 5.52. The molecule has 2 aromatic carbocycles. The summed E-state index contributed by atoms with van der Waals surface area (Å²) >= 11 is 0. The van der Waals surface area contributed by atoms with Crippen molar-refractivity contribution in [3.63, 3.8) is 0 Å². The minimum Gasteiger partial charge on any atom is -0.464 e. The van der Waals surface area contributed by atoms with Gasteiger partial charge in [-0.25, -0.2) is 0 Å². The molecule has 3 heterocycles. The number of hydrogen-bond acceptors (Lipinski definition) is 3. The SMILES string of the molecule is CN1Cc2cc(CN3CCCCC3)ccc2C(c2ccc3occc3c2)C1. The lowest BCUT2D eigenvalue weighted by molar-refractivity contribution is 0.220. The van der Waals surface area contributed by atoms with E-state index in [1.807, 2.05) is 0 Å². The first-order valence-corrected chi connectivity index (χ1v) is 10.3. The second-order valence-corrected chi connectivity index (χ2v) is 8.34. The normalized spacial score (nSPS) is 21.4. The minimum absolute atomic E-state index is 0.432. The van der Waals surface area contributed by atoms with E-state index in [1.54, 1.807) is 6.26 Å². The number of furan rings is 1. The molecule has 1 unspecified atom stereocenters. The lowest BCUT2D eigenvalue weighted by atomic mass is 9.83. The lowest BCUT2D eigenvalue weighted by Gasteiger charge is -2.33. The van der Waals surface area contributed by atoms with Crippen LogP contribution in [0.1, 0.15) is 47.4 Å². The number of rotatable bonds is 3. The molecule has 1 fully saturated rings. The van der Waals surface area contributed by atoms with Crippen LogP contribution in [0.25, 0.3) is 11.0 Å².